The zero-order valence-electron chi connectivity index (χ0n) is 14.8. The van der Waals surface area contributed by atoms with Gasteiger partial charge in [-0.1, -0.05) is 48.5 Å². The minimum atomic E-state index is -0.395. The Morgan fingerprint density at radius 1 is 0.893 bits per heavy atom. The lowest BCUT2D eigenvalue weighted by atomic mass is 10.1. The lowest BCUT2D eigenvalue weighted by Crippen LogP contribution is -2.19. The number of urea groups is 1. The average Bonchev–Trinajstić information content (AvgIpc) is 2.70. The Hall–Kier alpha value is -3.64. The van der Waals surface area contributed by atoms with E-state index in [0.29, 0.717) is 27.9 Å². The van der Waals surface area contributed by atoms with Crippen LogP contribution in [0.4, 0.5) is 22.0 Å². The number of halogens is 1. The quantitative estimate of drug-likeness (QED) is 0.524. The molecule has 6 nitrogen and oxygen atoms in total. The summed E-state index contributed by atoms with van der Waals surface area (Å²) in [5, 5.41) is 8.52. The van der Waals surface area contributed by atoms with Crippen LogP contribution < -0.4 is 16.0 Å². The SMILES string of the molecule is C=CC(=O)Nc1cccc(-c2ccc(NC(=O)Nc3ccccc3Cl)cc2)n1. The maximum Gasteiger partial charge on any atom is 0.323 e. The molecule has 7 heteroatoms. The molecular formula is C21H17ClN4O2. The summed E-state index contributed by atoms with van der Waals surface area (Å²) in [5.41, 5.74) is 2.67. The number of anilines is 3. The zero-order chi connectivity index (χ0) is 19.9. The van der Waals surface area contributed by atoms with Crippen molar-refractivity contribution in [3.8, 4) is 11.3 Å². The number of amides is 3. The number of rotatable bonds is 5. The number of nitrogens with one attached hydrogen (secondary N) is 3. The molecule has 3 N–H and O–H groups in total. The molecule has 140 valence electrons. The highest BCUT2D eigenvalue weighted by Crippen LogP contribution is 2.23. The van der Waals surface area contributed by atoms with E-state index >= 15 is 0 Å². The number of nitrogens with zero attached hydrogens (tertiary/aromatic N) is 1. The molecule has 0 bridgehead atoms. The Morgan fingerprint density at radius 3 is 2.36 bits per heavy atom. The van der Waals surface area contributed by atoms with E-state index in [1.165, 1.54) is 6.08 Å². The van der Waals surface area contributed by atoms with E-state index < -0.39 is 6.03 Å². The summed E-state index contributed by atoms with van der Waals surface area (Å²) in [6.45, 7) is 3.42. The van der Waals surface area contributed by atoms with E-state index in [-0.39, 0.29) is 5.91 Å². The zero-order valence-corrected chi connectivity index (χ0v) is 15.5. The molecule has 0 atom stereocenters. The second-order valence-corrected chi connectivity index (χ2v) is 6.14. The summed E-state index contributed by atoms with van der Waals surface area (Å²) in [7, 11) is 0. The van der Waals surface area contributed by atoms with Gasteiger partial charge in [0.25, 0.3) is 0 Å². The molecule has 2 aromatic carbocycles. The van der Waals surface area contributed by atoms with Gasteiger partial charge in [0.05, 0.1) is 16.4 Å². The molecule has 0 radical (unpaired) electrons. The van der Waals surface area contributed by atoms with Gasteiger partial charge in [0.1, 0.15) is 5.82 Å². The maximum absolute atomic E-state index is 12.1. The standard InChI is InChI=1S/C21H17ClN4O2/c1-2-20(27)26-19-9-5-8-17(24-19)14-10-12-15(13-11-14)23-21(28)25-18-7-4-3-6-16(18)22/h2-13H,1H2,(H2,23,25,28)(H,24,26,27). The van der Waals surface area contributed by atoms with Crippen LogP contribution in [0.2, 0.25) is 5.02 Å². The Labute approximate surface area is 167 Å². The second kappa shape index (κ2) is 8.83. The van der Waals surface area contributed by atoms with Crippen LogP contribution in [0.3, 0.4) is 0 Å². The number of carbonyl (C=O) groups excluding carboxylic acids is 2. The Kier molecular flexibility index (Phi) is 6.04. The van der Waals surface area contributed by atoms with Gasteiger partial charge in [-0.15, -0.1) is 0 Å². The van der Waals surface area contributed by atoms with Gasteiger partial charge in [-0.2, -0.15) is 0 Å². The molecule has 1 heterocycles. The molecule has 0 saturated carbocycles. The summed E-state index contributed by atoms with van der Waals surface area (Å²) in [6, 6.07) is 19.1. The van der Waals surface area contributed by atoms with Crippen LogP contribution in [0.25, 0.3) is 11.3 Å². The first-order valence-electron chi connectivity index (χ1n) is 8.38. The highest BCUT2D eigenvalue weighted by atomic mass is 35.5. The molecular weight excluding hydrogens is 376 g/mol. The summed E-state index contributed by atoms with van der Waals surface area (Å²) < 4.78 is 0. The van der Waals surface area contributed by atoms with Gasteiger partial charge >= 0.3 is 6.03 Å². The fourth-order valence-electron chi connectivity index (χ4n) is 2.41. The van der Waals surface area contributed by atoms with Crippen molar-refractivity contribution >= 4 is 40.7 Å². The second-order valence-electron chi connectivity index (χ2n) is 5.74. The van der Waals surface area contributed by atoms with Gasteiger partial charge in [-0.3, -0.25) is 4.79 Å². The number of carbonyl (C=O) groups is 2. The van der Waals surface area contributed by atoms with Crippen molar-refractivity contribution in [3.63, 3.8) is 0 Å². The molecule has 0 unspecified atom stereocenters. The molecule has 0 saturated heterocycles. The first kappa shape index (κ1) is 19.1. The van der Waals surface area contributed by atoms with Crippen molar-refractivity contribution in [2.75, 3.05) is 16.0 Å². The minimum absolute atomic E-state index is 0.325. The number of pyridine rings is 1. The third-order valence-corrected chi connectivity index (χ3v) is 4.08. The third-order valence-electron chi connectivity index (χ3n) is 3.75. The molecule has 0 spiro atoms. The van der Waals surface area contributed by atoms with Crippen molar-refractivity contribution in [2.24, 2.45) is 0 Å². The van der Waals surface area contributed by atoms with Crippen molar-refractivity contribution in [1.29, 1.82) is 0 Å². The fourth-order valence-corrected chi connectivity index (χ4v) is 2.60. The summed E-state index contributed by atoms with van der Waals surface area (Å²) in [5.74, 6) is 0.109. The van der Waals surface area contributed by atoms with Crippen LogP contribution in [-0.4, -0.2) is 16.9 Å². The van der Waals surface area contributed by atoms with Crippen molar-refractivity contribution in [3.05, 3.63) is 84.4 Å². The predicted octanol–water partition coefficient (Wildman–Crippen LogP) is 5.17. The van der Waals surface area contributed by atoms with Gasteiger partial charge in [-0.25, -0.2) is 9.78 Å². The highest BCUT2D eigenvalue weighted by molar-refractivity contribution is 6.33. The molecule has 0 fully saturated rings. The van der Waals surface area contributed by atoms with Gasteiger partial charge < -0.3 is 16.0 Å². The molecule has 28 heavy (non-hydrogen) atoms. The monoisotopic (exact) mass is 392 g/mol. The van der Waals surface area contributed by atoms with Gasteiger partial charge in [0.15, 0.2) is 0 Å². The molecule has 0 aliphatic rings. The lowest BCUT2D eigenvalue weighted by molar-refractivity contribution is -0.111. The van der Waals surface area contributed by atoms with Crippen LogP contribution in [-0.2, 0) is 4.79 Å². The van der Waals surface area contributed by atoms with E-state index in [4.69, 9.17) is 11.6 Å². The smallest absolute Gasteiger partial charge is 0.308 e. The third kappa shape index (κ3) is 4.96. The first-order chi connectivity index (χ1) is 13.5. The highest BCUT2D eigenvalue weighted by Gasteiger charge is 2.07. The van der Waals surface area contributed by atoms with Crippen molar-refractivity contribution in [1.82, 2.24) is 4.98 Å². The molecule has 3 rings (SSSR count). The number of hydrogen-bond acceptors (Lipinski definition) is 3. The van der Waals surface area contributed by atoms with E-state index in [1.54, 1.807) is 48.5 Å². The molecule has 0 aliphatic carbocycles. The largest absolute Gasteiger partial charge is 0.323 e. The molecule has 1 aromatic heterocycles. The fraction of sp³-hybridized carbons (Fsp3) is 0. The van der Waals surface area contributed by atoms with Crippen LogP contribution in [0.1, 0.15) is 0 Å². The Morgan fingerprint density at radius 2 is 1.64 bits per heavy atom. The summed E-state index contributed by atoms with van der Waals surface area (Å²) in [4.78, 5) is 27.9. The summed E-state index contributed by atoms with van der Waals surface area (Å²) >= 11 is 6.03. The van der Waals surface area contributed by atoms with Crippen LogP contribution in [0.5, 0.6) is 0 Å². The number of benzene rings is 2. The molecule has 3 amide bonds. The normalized spacial score (nSPS) is 10.0. The van der Waals surface area contributed by atoms with E-state index in [2.05, 4.69) is 27.5 Å². The Balaban J connectivity index is 1.67. The van der Waals surface area contributed by atoms with Crippen molar-refractivity contribution in [2.45, 2.75) is 0 Å². The molecule has 3 aromatic rings. The van der Waals surface area contributed by atoms with E-state index in [1.807, 2.05) is 18.2 Å². The van der Waals surface area contributed by atoms with Crippen LogP contribution >= 0.6 is 11.6 Å². The predicted molar refractivity (Wildman–Crippen MR) is 113 cm³/mol. The van der Waals surface area contributed by atoms with Gasteiger partial charge in [0, 0.05) is 11.3 Å². The number of hydrogen-bond donors (Lipinski definition) is 3. The van der Waals surface area contributed by atoms with Gasteiger partial charge in [-0.05, 0) is 42.5 Å². The molecule has 0 aliphatic heterocycles. The maximum atomic E-state index is 12.1. The summed E-state index contributed by atoms with van der Waals surface area (Å²) in [6.07, 6.45) is 1.18. The van der Waals surface area contributed by atoms with Crippen molar-refractivity contribution < 1.29 is 9.59 Å². The van der Waals surface area contributed by atoms with Gasteiger partial charge in [0.2, 0.25) is 5.91 Å². The van der Waals surface area contributed by atoms with Crippen LogP contribution in [0.15, 0.2) is 79.4 Å². The van der Waals surface area contributed by atoms with E-state index in [0.717, 1.165) is 5.56 Å². The number of para-hydroxylation sites is 1. The lowest BCUT2D eigenvalue weighted by Gasteiger charge is -2.10. The topological polar surface area (TPSA) is 83.1 Å². The van der Waals surface area contributed by atoms with E-state index in [9.17, 15) is 9.59 Å². The number of aromatic nitrogens is 1. The van der Waals surface area contributed by atoms with Crippen LogP contribution in [0, 0.1) is 0 Å². The first-order valence-corrected chi connectivity index (χ1v) is 8.76. The average molecular weight is 393 g/mol. The minimum Gasteiger partial charge on any atom is -0.308 e. The Bertz CT molecular complexity index is 1020.